The van der Waals surface area contributed by atoms with E-state index in [2.05, 4.69) is 27.4 Å². The fraction of sp³-hybridized carbons (Fsp3) is 0.467. The van der Waals surface area contributed by atoms with E-state index in [0.29, 0.717) is 10.9 Å². The molecule has 0 aliphatic heterocycles. The van der Waals surface area contributed by atoms with E-state index in [-0.39, 0.29) is 11.4 Å². The molecule has 7 heteroatoms. The smallest absolute Gasteiger partial charge is 0.230 e. The van der Waals surface area contributed by atoms with Crippen molar-refractivity contribution in [3.05, 3.63) is 24.5 Å². The number of amides is 1. The molecule has 0 radical (unpaired) electrons. The molecule has 0 aliphatic carbocycles. The second kappa shape index (κ2) is 6.91. The lowest BCUT2D eigenvalue weighted by molar-refractivity contribution is -0.120. The van der Waals surface area contributed by atoms with Crippen LogP contribution in [0.3, 0.4) is 0 Å². The predicted molar refractivity (Wildman–Crippen MR) is 87.5 cm³/mol. The number of nitrogens with zero attached hydrogens (tertiary/aromatic N) is 4. The minimum absolute atomic E-state index is 0.00257. The molecule has 1 amide bonds. The van der Waals surface area contributed by atoms with Gasteiger partial charge in [0.25, 0.3) is 0 Å². The number of carbonyl (C=O) groups excluding carboxylic acids is 1. The fourth-order valence-electron chi connectivity index (χ4n) is 1.82. The Kier molecular flexibility index (Phi) is 5.18. The molecular weight excluding hydrogens is 298 g/mol. The molecule has 0 fully saturated rings. The van der Waals surface area contributed by atoms with E-state index >= 15 is 0 Å². The lowest BCUT2D eigenvalue weighted by atomic mass is 10.0. The number of aromatic nitrogens is 4. The van der Waals surface area contributed by atoms with Gasteiger partial charge >= 0.3 is 0 Å². The average Bonchev–Trinajstić information content (AvgIpc) is 2.87. The molecule has 0 saturated carbocycles. The molecule has 0 spiro atoms. The lowest BCUT2D eigenvalue weighted by Gasteiger charge is -2.24. The van der Waals surface area contributed by atoms with E-state index in [1.807, 2.05) is 37.6 Å². The highest BCUT2D eigenvalue weighted by Gasteiger charge is 2.19. The van der Waals surface area contributed by atoms with Crippen LogP contribution in [-0.4, -0.2) is 36.9 Å². The Hall–Kier alpha value is -1.89. The standard InChI is InChI=1S/C15H21N5OS/c1-5-15(2,3)17-12(21)10-22-14-19-18-13(20(14)4)11-7-6-8-16-9-11/h6-9H,5,10H2,1-4H3,(H,17,21). The third-order valence-corrected chi connectivity index (χ3v) is 4.47. The van der Waals surface area contributed by atoms with Crippen LogP contribution in [0.5, 0.6) is 0 Å². The zero-order chi connectivity index (χ0) is 16.2. The maximum atomic E-state index is 12.0. The third kappa shape index (κ3) is 4.07. The first-order chi connectivity index (χ1) is 10.4. The minimum atomic E-state index is -0.182. The molecule has 0 bridgehead atoms. The van der Waals surface area contributed by atoms with Crippen molar-refractivity contribution in [3.63, 3.8) is 0 Å². The van der Waals surface area contributed by atoms with Crippen molar-refractivity contribution >= 4 is 17.7 Å². The Labute approximate surface area is 134 Å². The maximum Gasteiger partial charge on any atom is 0.230 e. The van der Waals surface area contributed by atoms with Crippen LogP contribution in [0.15, 0.2) is 29.7 Å². The summed E-state index contributed by atoms with van der Waals surface area (Å²) in [7, 11) is 1.89. The molecule has 0 aliphatic rings. The molecule has 6 nitrogen and oxygen atoms in total. The van der Waals surface area contributed by atoms with E-state index < -0.39 is 0 Å². The van der Waals surface area contributed by atoms with Gasteiger partial charge in [-0.25, -0.2) is 0 Å². The zero-order valence-corrected chi connectivity index (χ0v) is 14.1. The molecule has 118 valence electrons. The van der Waals surface area contributed by atoms with Gasteiger partial charge < -0.3 is 9.88 Å². The summed E-state index contributed by atoms with van der Waals surface area (Å²) in [5.41, 5.74) is 0.721. The molecule has 0 atom stereocenters. The molecule has 22 heavy (non-hydrogen) atoms. The highest BCUT2D eigenvalue weighted by molar-refractivity contribution is 7.99. The van der Waals surface area contributed by atoms with Crippen molar-refractivity contribution in [1.29, 1.82) is 0 Å². The van der Waals surface area contributed by atoms with E-state index in [1.54, 1.807) is 12.4 Å². The summed E-state index contributed by atoms with van der Waals surface area (Å²) in [6.07, 6.45) is 4.35. The Morgan fingerprint density at radius 2 is 2.18 bits per heavy atom. The summed E-state index contributed by atoms with van der Waals surface area (Å²) < 4.78 is 1.87. The molecule has 2 aromatic rings. The van der Waals surface area contributed by atoms with Crippen molar-refractivity contribution in [2.45, 2.75) is 37.9 Å². The summed E-state index contributed by atoms with van der Waals surface area (Å²) in [6.45, 7) is 6.08. The molecule has 2 heterocycles. The molecule has 1 N–H and O–H groups in total. The summed E-state index contributed by atoms with van der Waals surface area (Å²) >= 11 is 1.38. The van der Waals surface area contributed by atoms with Crippen LogP contribution in [0.1, 0.15) is 27.2 Å². The first-order valence-corrected chi connectivity index (χ1v) is 8.15. The van der Waals surface area contributed by atoms with Crippen LogP contribution in [0.2, 0.25) is 0 Å². The van der Waals surface area contributed by atoms with Gasteiger partial charge in [0.15, 0.2) is 11.0 Å². The van der Waals surface area contributed by atoms with Crippen molar-refractivity contribution in [2.24, 2.45) is 7.05 Å². The summed E-state index contributed by atoms with van der Waals surface area (Å²) in [6, 6.07) is 3.79. The van der Waals surface area contributed by atoms with Crippen molar-refractivity contribution in [2.75, 3.05) is 5.75 Å². The van der Waals surface area contributed by atoms with E-state index in [0.717, 1.165) is 17.8 Å². The molecule has 0 unspecified atom stereocenters. The molecular formula is C15H21N5OS. The number of pyridine rings is 1. The van der Waals surface area contributed by atoms with Gasteiger partial charge in [0.1, 0.15) is 0 Å². The van der Waals surface area contributed by atoms with Gasteiger partial charge in [-0.05, 0) is 32.4 Å². The van der Waals surface area contributed by atoms with Gasteiger partial charge in [-0.3, -0.25) is 9.78 Å². The average molecular weight is 319 g/mol. The maximum absolute atomic E-state index is 12.0. The third-order valence-electron chi connectivity index (χ3n) is 3.45. The largest absolute Gasteiger partial charge is 0.351 e. The molecule has 2 rings (SSSR count). The second-order valence-electron chi connectivity index (χ2n) is 5.68. The van der Waals surface area contributed by atoms with Gasteiger partial charge in [0, 0.05) is 30.5 Å². The topological polar surface area (TPSA) is 72.7 Å². The Morgan fingerprint density at radius 3 is 2.82 bits per heavy atom. The van der Waals surface area contributed by atoms with Gasteiger partial charge in [0.05, 0.1) is 5.75 Å². The SMILES string of the molecule is CCC(C)(C)NC(=O)CSc1nnc(-c2cccnc2)n1C. The first-order valence-electron chi connectivity index (χ1n) is 7.16. The predicted octanol–water partition coefficient (Wildman–Crippen LogP) is 2.27. The first kappa shape index (κ1) is 16.5. The van der Waals surface area contributed by atoms with Gasteiger partial charge in [0.2, 0.25) is 5.91 Å². The van der Waals surface area contributed by atoms with Gasteiger partial charge in [-0.2, -0.15) is 0 Å². The summed E-state index contributed by atoms with van der Waals surface area (Å²) in [5.74, 6) is 1.07. The van der Waals surface area contributed by atoms with Crippen LogP contribution in [0.25, 0.3) is 11.4 Å². The normalized spacial score (nSPS) is 11.5. The van der Waals surface area contributed by atoms with E-state index in [4.69, 9.17) is 0 Å². The summed E-state index contributed by atoms with van der Waals surface area (Å²) in [4.78, 5) is 16.1. The number of hydrogen-bond donors (Lipinski definition) is 1. The number of nitrogens with one attached hydrogen (secondary N) is 1. The molecule has 2 aromatic heterocycles. The number of rotatable bonds is 6. The van der Waals surface area contributed by atoms with Crippen molar-refractivity contribution in [3.8, 4) is 11.4 Å². The lowest BCUT2D eigenvalue weighted by Crippen LogP contribution is -2.43. The van der Waals surface area contributed by atoms with Crippen molar-refractivity contribution in [1.82, 2.24) is 25.1 Å². The molecule has 0 saturated heterocycles. The number of thioether (sulfide) groups is 1. The number of hydrogen-bond acceptors (Lipinski definition) is 5. The van der Waals surface area contributed by atoms with Gasteiger partial charge in [-0.1, -0.05) is 18.7 Å². The second-order valence-corrected chi connectivity index (χ2v) is 6.62. The van der Waals surface area contributed by atoms with Gasteiger partial charge in [-0.15, -0.1) is 10.2 Å². The quantitative estimate of drug-likeness (QED) is 0.827. The Balaban J connectivity index is 2.00. The Bertz CT molecular complexity index is 639. The summed E-state index contributed by atoms with van der Waals surface area (Å²) in [5, 5.41) is 12.0. The minimum Gasteiger partial charge on any atom is -0.351 e. The highest BCUT2D eigenvalue weighted by Crippen LogP contribution is 2.21. The van der Waals surface area contributed by atoms with Crippen LogP contribution >= 0.6 is 11.8 Å². The highest BCUT2D eigenvalue weighted by atomic mass is 32.2. The number of carbonyl (C=O) groups is 1. The van der Waals surface area contributed by atoms with Crippen LogP contribution in [0, 0.1) is 0 Å². The van der Waals surface area contributed by atoms with Crippen LogP contribution in [0.4, 0.5) is 0 Å². The van der Waals surface area contributed by atoms with E-state index in [9.17, 15) is 4.79 Å². The fourth-order valence-corrected chi connectivity index (χ4v) is 2.53. The monoisotopic (exact) mass is 319 g/mol. The van der Waals surface area contributed by atoms with Crippen LogP contribution in [-0.2, 0) is 11.8 Å². The van der Waals surface area contributed by atoms with E-state index in [1.165, 1.54) is 11.8 Å². The van der Waals surface area contributed by atoms with Crippen molar-refractivity contribution < 1.29 is 4.79 Å². The molecule has 0 aromatic carbocycles. The Morgan fingerprint density at radius 1 is 1.41 bits per heavy atom. The van der Waals surface area contributed by atoms with Crippen LogP contribution < -0.4 is 5.32 Å². The zero-order valence-electron chi connectivity index (χ0n) is 13.3.